The van der Waals surface area contributed by atoms with Gasteiger partial charge in [0.15, 0.2) is 5.65 Å². The van der Waals surface area contributed by atoms with E-state index in [0.29, 0.717) is 12.1 Å². The van der Waals surface area contributed by atoms with Gasteiger partial charge in [0.25, 0.3) is 5.91 Å². The molecule has 0 saturated carbocycles. The van der Waals surface area contributed by atoms with Gasteiger partial charge in [0.2, 0.25) is 0 Å². The Balaban J connectivity index is 0.00000182. The molecule has 0 aliphatic rings. The number of anilines is 1. The smallest absolute Gasteiger partial charge is 0.252 e. The maximum atomic E-state index is 12.6. The average molecular weight is 410 g/mol. The van der Waals surface area contributed by atoms with Crippen molar-refractivity contribution < 1.29 is 4.79 Å². The Hall–Kier alpha value is -2.31. The second-order valence-electron chi connectivity index (χ2n) is 6.48. The first-order valence-corrected chi connectivity index (χ1v) is 8.43. The van der Waals surface area contributed by atoms with Crippen molar-refractivity contribution in [1.29, 1.82) is 0 Å². The van der Waals surface area contributed by atoms with Crippen LogP contribution < -0.4 is 11.1 Å². The zero-order chi connectivity index (χ0) is 18.0. The number of carbonyl (C=O) groups excluding carboxylic acids is 1. The lowest BCUT2D eigenvalue weighted by molar-refractivity contribution is 0.0955. The number of amides is 1. The number of halogens is 2. The first-order chi connectivity index (χ1) is 12.0. The summed E-state index contributed by atoms with van der Waals surface area (Å²) in [6, 6.07) is 9.69. The maximum Gasteiger partial charge on any atom is 0.252 e. The van der Waals surface area contributed by atoms with E-state index in [1.165, 1.54) is 0 Å². The van der Waals surface area contributed by atoms with Gasteiger partial charge in [-0.3, -0.25) is 4.79 Å². The molecule has 1 aromatic carbocycles. The van der Waals surface area contributed by atoms with Crippen molar-refractivity contribution in [3.05, 3.63) is 53.3 Å². The normalized spacial score (nSPS) is 10.4. The predicted octanol–water partition coefficient (Wildman–Crippen LogP) is 3.72. The molecular weight excluding hydrogens is 385 g/mol. The van der Waals surface area contributed by atoms with Crippen LogP contribution in [-0.4, -0.2) is 27.2 Å². The third-order valence-electron chi connectivity index (χ3n) is 4.11. The van der Waals surface area contributed by atoms with Crippen LogP contribution in [0.4, 0.5) is 5.69 Å². The quantitative estimate of drug-likeness (QED) is 0.628. The second kappa shape index (κ2) is 9.58. The van der Waals surface area contributed by atoms with E-state index in [4.69, 9.17) is 5.73 Å². The summed E-state index contributed by atoms with van der Waals surface area (Å²) >= 11 is 0. The van der Waals surface area contributed by atoms with Crippen LogP contribution in [0.1, 0.15) is 41.5 Å². The molecule has 146 valence electrons. The molecule has 3 rings (SSSR count). The summed E-state index contributed by atoms with van der Waals surface area (Å²) in [5, 5.41) is 8.14. The molecule has 0 unspecified atom stereocenters. The van der Waals surface area contributed by atoms with Gasteiger partial charge >= 0.3 is 0 Å². The van der Waals surface area contributed by atoms with Crippen LogP contribution >= 0.6 is 24.8 Å². The number of rotatable bonds is 5. The van der Waals surface area contributed by atoms with Crippen LogP contribution in [0, 0.1) is 6.92 Å². The maximum absolute atomic E-state index is 12.6. The average Bonchev–Trinajstić information content (AvgIpc) is 2.99. The molecular formula is C19H25Cl2N5O. The van der Waals surface area contributed by atoms with E-state index in [1.54, 1.807) is 6.20 Å². The first kappa shape index (κ1) is 22.7. The zero-order valence-electron chi connectivity index (χ0n) is 15.6. The number of pyridine rings is 1. The molecule has 2 heterocycles. The molecule has 6 nitrogen and oxygen atoms in total. The van der Waals surface area contributed by atoms with Crippen LogP contribution in [-0.2, 0) is 6.42 Å². The number of aryl methyl sites for hydroxylation is 1. The van der Waals surface area contributed by atoms with Gasteiger partial charge in [-0.05, 0) is 51.0 Å². The standard InChI is InChI=1S/C19H23N5O.2ClH/c1-12(2)24-18-17(11-22-24)16(10-13(3)23-18)19(25)21-9-8-14-4-6-15(20)7-5-14;;/h4-7,10-12H,8-9,20H2,1-3H3,(H,21,25);2*1H. The van der Waals surface area contributed by atoms with Gasteiger partial charge in [-0.1, -0.05) is 12.1 Å². The lowest BCUT2D eigenvalue weighted by Gasteiger charge is -2.09. The summed E-state index contributed by atoms with van der Waals surface area (Å²) in [5.41, 5.74) is 9.73. The van der Waals surface area contributed by atoms with Gasteiger partial charge in [-0.25, -0.2) is 9.67 Å². The summed E-state index contributed by atoms with van der Waals surface area (Å²) in [7, 11) is 0. The van der Waals surface area contributed by atoms with Gasteiger partial charge < -0.3 is 11.1 Å². The topological polar surface area (TPSA) is 85.8 Å². The number of nitrogens with two attached hydrogens (primary N) is 1. The Morgan fingerprint density at radius 1 is 1.22 bits per heavy atom. The number of hydrogen-bond donors (Lipinski definition) is 2. The Kier molecular flexibility index (Phi) is 8.06. The summed E-state index contributed by atoms with van der Waals surface area (Å²) in [6.07, 6.45) is 2.47. The van der Waals surface area contributed by atoms with Gasteiger partial charge in [0.1, 0.15) is 0 Å². The number of nitrogen functional groups attached to an aromatic ring is 1. The van der Waals surface area contributed by atoms with E-state index < -0.39 is 0 Å². The minimum Gasteiger partial charge on any atom is -0.399 e. The van der Waals surface area contributed by atoms with Gasteiger partial charge in [-0.15, -0.1) is 24.8 Å². The zero-order valence-corrected chi connectivity index (χ0v) is 17.2. The van der Waals surface area contributed by atoms with Crippen molar-refractivity contribution in [2.75, 3.05) is 12.3 Å². The molecule has 27 heavy (non-hydrogen) atoms. The van der Waals surface area contributed by atoms with Crippen molar-refractivity contribution in [3.63, 3.8) is 0 Å². The van der Waals surface area contributed by atoms with E-state index in [0.717, 1.165) is 34.4 Å². The van der Waals surface area contributed by atoms with E-state index in [2.05, 4.69) is 15.4 Å². The van der Waals surface area contributed by atoms with E-state index in [1.807, 2.05) is 55.8 Å². The van der Waals surface area contributed by atoms with E-state index in [9.17, 15) is 4.79 Å². The molecule has 0 saturated heterocycles. The summed E-state index contributed by atoms with van der Waals surface area (Å²) < 4.78 is 1.84. The predicted molar refractivity (Wildman–Crippen MR) is 114 cm³/mol. The Morgan fingerprint density at radius 2 is 1.89 bits per heavy atom. The number of nitrogens with one attached hydrogen (secondary N) is 1. The van der Waals surface area contributed by atoms with Gasteiger partial charge in [0, 0.05) is 24.0 Å². The molecule has 0 spiro atoms. The molecule has 8 heteroatoms. The van der Waals surface area contributed by atoms with Crippen molar-refractivity contribution in [2.24, 2.45) is 0 Å². The fraction of sp³-hybridized carbons (Fsp3) is 0.316. The molecule has 3 aromatic rings. The van der Waals surface area contributed by atoms with Gasteiger partial charge in [0.05, 0.1) is 17.1 Å². The van der Waals surface area contributed by atoms with Crippen LogP contribution in [0.15, 0.2) is 36.5 Å². The Bertz CT molecular complexity index is 906. The SMILES string of the molecule is Cc1cc(C(=O)NCCc2ccc(N)cc2)c2cnn(C(C)C)c2n1.Cl.Cl. The molecule has 0 aliphatic carbocycles. The third kappa shape index (κ3) is 5.11. The fourth-order valence-electron chi connectivity index (χ4n) is 2.81. The molecule has 3 N–H and O–H groups in total. The second-order valence-corrected chi connectivity index (χ2v) is 6.48. The minimum absolute atomic E-state index is 0. The number of hydrogen-bond acceptors (Lipinski definition) is 4. The number of carbonyl (C=O) groups is 1. The minimum atomic E-state index is -0.103. The molecule has 0 fully saturated rings. The lowest BCUT2D eigenvalue weighted by Crippen LogP contribution is -2.26. The van der Waals surface area contributed by atoms with E-state index in [-0.39, 0.29) is 36.8 Å². The summed E-state index contributed by atoms with van der Waals surface area (Å²) in [4.78, 5) is 17.2. The molecule has 1 amide bonds. The molecule has 0 atom stereocenters. The van der Waals surface area contributed by atoms with Crippen molar-refractivity contribution in [1.82, 2.24) is 20.1 Å². The summed E-state index contributed by atoms with van der Waals surface area (Å²) in [6.45, 7) is 6.54. The Labute approximate surface area is 171 Å². The number of benzene rings is 1. The highest BCUT2D eigenvalue weighted by Gasteiger charge is 2.16. The molecule has 2 aromatic heterocycles. The van der Waals surface area contributed by atoms with Crippen molar-refractivity contribution in [2.45, 2.75) is 33.2 Å². The fourth-order valence-corrected chi connectivity index (χ4v) is 2.81. The molecule has 0 bridgehead atoms. The highest BCUT2D eigenvalue weighted by atomic mass is 35.5. The highest BCUT2D eigenvalue weighted by molar-refractivity contribution is 6.05. The highest BCUT2D eigenvalue weighted by Crippen LogP contribution is 2.21. The van der Waals surface area contributed by atoms with Crippen molar-refractivity contribution >= 4 is 47.4 Å². The Morgan fingerprint density at radius 3 is 2.52 bits per heavy atom. The third-order valence-corrected chi connectivity index (χ3v) is 4.11. The number of aromatic nitrogens is 3. The lowest BCUT2D eigenvalue weighted by atomic mass is 10.1. The van der Waals surface area contributed by atoms with Crippen molar-refractivity contribution in [3.8, 4) is 0 Å². The molecule has 0 aliphatic heterocycles. The van der Waals surface area contributed by atoms with Crippen LogP contribution in [0.2, 0.25) is 0 Å². The number of fused-ring (bicyclic) bond motifs is 1. The van der Waals surface area contributed by atoms with Gasteiger partial charge in [-0.2, -0.15) is 5.10 Å². The van der Waals surface area contributed by atoms with E-state index >= 15 is 0 Å². The first-order valence-electron chi connectivity index (χ1n) is 8.43. The molecule has 0 radical (unpaired) electrons. The van der Waals surface area contributed by atoms with Crippen LogP contribution in [0.25, 0.3) is 11.0 Å². The number of nitrogens with zero attached hydrogens (tertiary/aromatic N) is 3. The van der Waals surface area contributed by atoms with Crippen LogP contribution in [0.3, 0.4) is 0 Å². The largest absolute Gasteiger partial charge is 0.399 e. The monoisotopic (exact) mass is 409 g/mol. The van der Waals surface area contributed by atoms with Crippen LogP contribution in [0.5, 0.6) is 0 Å². The summed E-state index contributed by atoms with van der Waals surface area (Å²) in [5.74, 6) is -0.103.